The van der Waals surface area contributed by atoms with Crippen LogP contribution in [-0.4, -0.2) is 16.2 Å². The van der Waals surface area contributed by atoms with Crippen LogP contribution in [0.25, 0.3) is 6.08 Å². The third kappa shape index (κ3) is 1.85. The van der Waals surface area contributed by atoms with E-state index in [0.29, 0.717) is 0 Å². The van der Waals surface area contributed by atoms with Gasteiger partial charge in [0.05, 0.1) is 11.8 Å². The number of carboxylic acids is 1. The number of carbonyl (C=O) groups is 1. The maximum absolute atomic E-state index is 10.4. The number of rotatable bonds is 2. The summed E-state index contributed by atoms with van der Waals surface area (Å²) in [5, 5.41) is 16.9. The summed E-state index contributed by atoms with van der Waals surface area (Å²) in [5.41, 5.74) is 1.01. The molecule has 12 heavy (non-hydrogen) atoms. The van der Waals surface area contributed by atoms with Gasteiger partial charge >= 0.3 is 5.97 Å². The second kappa shape index (κ2) is 3.57. The van der Waals surface area contributed by atoms with Gasteiger partial charge in [-0.2, -0.15) is 0 Å². The standard InChI is InChI=1S/C9H8O3/c10-6-5-7-1-3-8(4-2-7)9(11)12/h1-6,10H,(H,11,12)/b6-5+. The molecule has 0 aromatic heterocycles. The lowest BCUT2D eigenvalue weighted by atomic mass is 10.1. The molecule has 0 aliphatic rings. The average Bonchev–Trinajstić information content (AvgIpc) is 2.06. The number of hydrogen-bond donors (Lipinski definition) is 2. The van der Waals surface area contributed by atoms with Crippen LogP contribution in [0, 0.1) is 0 Å². The van der Waals surface area contributed by atoms with Gasteiger partial charge < -0.3 is 10.2 Å². The highest BCUT2D eigenvalue weighted by atomic mass is 16.4. The molecule has 0 saturated heterocycles. The summed E-state index contributed by atoms with van der Waals surface area (Å²) in [5.74, 6) is -0.950. The summed E-state index contributed by atoms with van der Waals surface area (Å²) < 4.78 is 0. The lowest BCUT2D eigenvalue weighted by molar-refractivity contribution is 0.0697. The molecule has 3 heteroatoms. The molecule has 1 aromatic carbocycles. The van der Waals surface area contributed by atoms with Gasteiger partial charge in [0.1, 0.15) is 0 Å². The van der Waals surface area contributed by atoms with Gasteiger partial charge in [-0.25, -0.2) is 4.79 Å². The summed E-state index contributed by atoms with van der Waals surface area (Å²) >= 11 is 0. The van der Waals surface area contributed by atoms with Crippen LogP contribution in [0.4, 0.5) is 0 Å². The molecule has 0 atom stereocenters. The first-order valence-electron chi connectivity index (χ1n) is 3.38. The van der Waals surface area contributed by atoms with E-state index in [2.05, 4.69) is 0 Å². The van der Waals surface area contributed by atoms with E-state index in [-0.39, 0.29) is 5.56 Å². The molecule has 0 saturated carbocycles. The maximum Gasteiger partial charge on any atom is 0.335 e. The molecule has 0 spiro atoms. The Morgan fingerprint density at radius 2 is 1.83 bits per heavy atom. The summed E-state index contributed by atoms with van der Waals surface area (Å²) in [6.45, 7) is 0. The number of hydrogen-bond acceptors (Lipinski definition) is 2. The largest absolute Gasteiger partial charge is 0.516 e. The quantitative estimate of drug-likeness (QED) is 0.656. The van der Waals surface area contributed by atoms with E-state index in [1.807, 2.05) is 0 Å². The van der Waals surface area contributed by atoms with E-state index in [0.717, 1.165) is 11.8 Å². The third-order valence-electron chi connectivity index (χ3n) is 1.42. The normalized spacial score (nSPS) is 10.3. The van der Waals surface area contributed by atoms with Crippen molar-refractivity contribution in [2.75, 3.05) is 0 Å². The minimum Gasteiger partial charge on any atom is -0.516 e. The molecule has 62 valence electrons. The van der Waals surface area contributed by atoms with Crippen molar-refractivity contribution in [3.05, 3.63) is 41.7 Å². The molecular formula is C9H8O3. The highest BCUT2D eigenvalue weighted by Gasteiger charge is 1.99. The topological polar surface area (TPSA) is 57.5 Å². The molecular weight excluding hydrogens is 156 g/mol. The molecule has 3 nitrogen and oxygen atoms in total. The molecule has 1 rings (SSSR count). The van der Waals surface area contributed by atoms with Gasteiger partial charge in [-0.3, -0.25) is 0 Å². The van der Waals surface area contributed by atoms with E-state index in [1.54, 1.807) is 12.1 Å². The Morgan fingerprint density at radius 1 is 1.25 bits per heavy atom. The Morgan fingerprint density at radius 3 is 2.25 bits per heavy atom. The van der Waals surface area contributed by atoms with Crippen LogP contribution in [0.1, 0.15) is 15.9 Å². The fourth-order valence-electron chi connectivity index (χ4n) is 0.823. The Balaban J connectivity index is 2.93. The van der Waals surface area contributed by atoms with E-state index >= 15 is 0 Å². The minimum atomic E-state index is -0.950. The molecule has 0 aliphatic heterocycles. The average molecular weight is 164 g/mol. The first kappa shape index (κ1) is 8.33. The van der Waals surface area contributed by atoms with Crippen molar-refractivity contribution in [2.45, 2.75) is 0 Å². The zero-order valence-corrected chi connectivity index (χ0v) is 6.27. The monoisotopic (exact) mass is 164 g/mol. The van der Waals surface area contributed by atoms with Gasteiger partial charge in [0, 0.05) is 0 Å². The van der Waals surface area contributed by atoms with Gasteiger partial charge in [0.15, 0.2) is 0 Å². The van der Waals surface area contributed by atoms with Crippen LogP contribution in [0.3, 0.4) is 0 Å². The van der Waals surface area contributed by atoms with Crippen molar-refractivity contribution < 1.29 is 15.0 Å². The molecule has 0 amide bonds. The molecule has 0 heterocycles. The van der Waals surface area contributed by atoms with Gasteiger partial charge in [0.2, 0.25) is 0 Å². The molecule has 0 radical (unpaired) electrons. The van der Waals surface area contributed by atoms with E-state index in [4.69, 9.17) is 10.2 Å². The number of benzene rings is 1. The zero-order valence-electron chi connectivity index (χ0n) is 6.27. The van der Waals surface area contributed by atoms with Crippen LogP contribution < -0.4 is 0 Å². The molecule has 0 aliphatic carbocycles. The van der Waals surface area contributed by atoms with Crippen LogP contribution in [0.2, 0.25) is 0 Å². The first-order chi connectivity index (χ1) is 5.74. The van der Waals surface area contributed by atoms with Gasteiger partial charge in [-0.15, -0.1) is 0 Å². The lowest BCUT2D eigenvalue weighted by Gasteiger charge is -1.94. The number of aliphatic hydroxyl groups excluding tert-OH is 1. The highest BCUT2D eigenvalue weighted by molar-refractivity contribution is 5.87. The molecule has 1 aromatic rings. The van der Waals surface area contributed by atoms with Crippen LogP contribution in [-0.2, 0) is 0 Å². The van der Waals surface area contributed by atoms with Crippen molar-refractivity contribution in [2.24, 2.45) is 0 Å². The van der Waals surface area contributed by atoms with Crippen molar-refractivity contribution in [3.63, 3.8) is 0 Å². The van der Waals surface area contributed by atoms with E-state index in [1.165, 1.54) is 18.2 Å². The Kier molecular flexibility index (Phi) is 2.48. The van der Waals surface area contributed by atoms with Crippen molar-refractivity contribution in [1.29, 1.82) is 0 Å². The van der Waals surface area contributed by atoms with Gasteiger partial charge in [-0.05, 0) is 23.8 Å². The van der Waals surface area contributed by atoms with Gasteiger partial charge in [-0.1, -0.05) is 12.1 Å². The zero-order chi connectivity index (χ0) is 8.97. The summed E-state index contributed by atoms with van der Waals surface area (Å²) in [4.78, 5) is 10.4. The molecule has 2 N–H and O–H groups in total. The van der Waals surface area contributed by atoms with Gasteiger partial charge in [0.25, 0.3) is 0 Å². The Labute approximate surface area is 69.6 Å². The van der Waals surface area contributed by atoms with Crippen molar-refractivity contribution in [1.82, 2.24) is 0 Å². The van der Waals surface area contributed by atoms with Crippen LogP contribution in [0.5, 0.6) is 0 Å². The van der Waals surface area contributed by atoms with E-state index in [9.17, 15) is 4.79 Å². The SMILES string of the molecule is O=C(O)c1ccc(/C=C/O)cc1. The van der Waals surface area contributed by atoms with Crippen LogP contribution in [0.15, 0.2) is 30.5 Å². The minimum absolute atomic E-state index is 0.241. The second-order valence-corrected chi connectivity index (χ2v) is 2.24. The summed E-state index contributed by atoms with van der Waals surface area (Å²) in [7, 11) is 0. The van der Waals surface area contributed by atoms with Crippen molar-refractivity contribution >= 4 is 12.0 Å². The van der Waals surface area contributed by atoms with Crippen LogP contribution >= 0.6 is 0 Å². The molecule has 0 bridgehead atoms. The Bertz CT molecular complexity index is 298. The maximum atomic E-state index is 10.4. The predicted molar refractivity (Wildman–Crippen MR) is 45.1 cm³/mol. The molecule has 0 fully saturated rings. The molecule has 0 unspecified atom stereocenters. The van der Waals surface area contributed by atoms with E-state index < -0.39 is 5.97 Å². The number of carboxylic acid groups (broad SMARTS) is 1. The smallest absolute Gasteiger partial charge is 0.335 e. The predicted octanol–water partition coefficient (Wildman–Crippen LogP) is 1.91. The summed E-state index contributed by atoms with van der Waals surface area (Å²) in [6.07, 6.45) is 2.39. The number of aliphatic hydroxyl groups is 1. The Hall–Kier alpha value is -1.77. The third-order valence-corrected chi connectivity index (χ3v) is 1.42. The van der Waals surface area contributed by atoms with Crippen molar-refractivity contribution in [3.8, 4) is 0 Å². The number of aromatic carboxylic acids is 1. The fourth-order valence-corrected chi connectivity index (χ4v) is 0.823. The summed E-state index contributed by atoms with van der Waals surface area (Å²) in [6, 6.07) is 6.21. The fraction of sp³-hybridized carbons (Fsp3) is 0. The second-order valence-electron chi connectivity index (χ2n) is 2.24. The highest BCUT2D eigenvalue weighted by Crippen LogP contribution is 2.05. The first-order valence-corrected chi connectivity index (χ1v) is 3.38. The lowest BCUT2D eigenvalue weighted by Crippen LogP contribution is -1.94.